The van der Waals surface area contributed by atoms with Crippen LogP contribution in [0.1, 0.15) is 65.0 Å². The summed E-state index contributed by atoms with van der Waals surface area (Å²) in [6, 6.07) is 0. The van der Waals surface area contributed by atoms with Crippen LogP contribution in [0.15, 0.2) is 6.20 Å². The van der Waals surface area contributed by atoms with Gasteiger partial charge in [0, 0.05) is 6.54 Å². The minimum atomic E-state index is -1.28. The second kappa shape index (κ2) is 6.72. The summed E-state index contributed by atoms with van der Waals surface area (Å²) in [4.78, 5) is 24.3. The molecular weight excluding hydrogens is 294 g/mol. The lowest BCUT2D eigenvalue weighted by atomic mass is 9.85. The first-order chi connectivity index (χ1) is 10.8. The van der Waals surface area contributed by atoms with E-state index in [1.54, 1.807) is 6.20 Å². The number of aliphatic carboxylic acids is 1. The third-order valence-electron chi connectivity index (χ3n) is 4.51. The molecule has 1 fully saturated rings. The third-order valence-corrected chi connectivity index (χ3v) is 4.51. The maximum Gasteiger partial charge on any atom is 0.319 e. The second-order valence-corrected chi connectivity index (χ2v) is 7.22. The second-order valence-electron chi connectivity index (χ2n) is 7.22. The van der Waals surface area contributed by atoms with Gasteiger partial charge in [-0.3, -0.25) is 14.3 Å². The molecule has 1 aliphatic rings. The number of hydrogen-bond donors (Lipinski definition) is 2. The first-order valence-electron chi connectivity index (χ1n) is 8.38. The molecule has 0 radical (unpaired) electrons. The van der Waals surface area contributed by atoms with Crippen molar-refractivity contribution < 1.29 is 14.7 Å². The summed E-state index contributed by atoms with van der Waals surface area (Å²) in [6.45, 7) is 9.09. The molecule has 0 bridgehead atoms. The normalized spacial score (nSPS) is 17.0. The van der Waals surface area contributed by atoms with Crippen LogP contribution >= 0.6 is 0 Å². The van der Waals surface area contributed by atoms with Crippen molar-refractivity contribution in [3.05, 3.63) is 11.9 Å². The van der Waals surface area contributed by atoms with E-state index in [0.717, 1.165) is 25.1 Å². The number of carbonyl (C=O) groups is 2. The van der Waals surface area contributed by atoms with Crippen molar-refractivity contribution in [1.29, 1.82) is 0 Å². The van der Waals surface area contributed by atoms with Gasteiger partial charge in [-0.1, -0.05) is 40.5 Å². The summed E-state index contributed by atoms with van der Waals surface area (Å²) < 4.78 is 1.91. The van der Waals surface area contributed by atoms with Gasteiger partial charge in [0.15, 0.2) is 0 Å². The Kier molecular flexibility index (Phi) is 5.12. The number of rotatable bonds is 6. The molecule has 2 N–H and O–H groups in total. The average Bonchev–Trinajstić information content (AvgIpc) is 3.05. The molecule has 0 atom stereocenters. The van der Waals surface area contributed by atoms with Gasteiger partial charge in [0.25, 0.3) is 0 Å². The Morgan fingerprint density at radius 2 is 1.91 bits per heavy atom. The van der Waals surface area contributed by atoms with Crippen LogP contribution in [-0.2, 0) is 16.1 Å². The zero-order chi connectivity index (χ0) is 17.2. The number of carbonyl (C=O) groups excluding carboxylic acids is 1. The molecule has 0 saturated heterocycles. The lowest BCUT2D eigenvalue weighted by molar-refractivity contribution is -0.153. The lowest BCUT2D eigenvalue weighted by Crippen LogP contribution is -2.41. The highest BCUT2D eigenvalue weighted by atomic mass is 16.4. The highest BCUT2D eigenvalue weighted by molar-refractivity contribution is 6.08. The highest BCUT2D eigenvalue weighted by Crippen LogP contribution is 2.40. The SMILES string of the molecule is CC(C)Cn1ncc(NC(=O)C2(C(=O)O)CCCC2)c1C(C)C. The van der Waals surface area contributed by atoms with Crippen molar-refractivity contribution in [3.8, 4) is 0 Å². The van der Waals surface area contributed by atoms with E-state index in [-0.39, 0.29) is 5.92 Å². The van der Waals surface area contributed by atoms with Gasteiger partial charge in [-0.15, -0.1) is 0 Å². The smallest absolute Gasteiger partial charge is 0.319 e. The van der Waals surface area contributed by atoms with Crippen LogP contribution in [0.4, 0.5) is 5.69 Å². The number of carboxylic acids is 1. The molecular formula is C17H27N3O3. The largest absolute Gasteiger partial charge is 0.480 e. The fourth-order valence-corrected chi connectivity index (χ4v) is 3.35. The molecule has 1 heterocycles. The number of nitrogens with zero attached hydrogens (tertiary/aromatic N) is 2. The van der Waals surface area contributed by atoms with E-state index in [2.05, 4.69) is 24.3 Å². The predicted octanol–water partition coefficient (Wildman–Crippen LogP) is 3.25. The standard InChI is InChI=1S/C17H27N3O3/c1-11(2)10-20-14(12(3)4)13(9-18-20)19-15(21)17(16(22)23)7-5-6-8-17/h9,11-12H,5-8,10H2,1-4H3,(H,19,21)(H,22,23). The van der Waals surface area contributed by atoms with Crippen molar-refractivity contribution in [2.24, 2.45) is 11.3 Å². The highest BCUT2D eigenvalue weighted by Gasteiger charge is 2.48. The third kappa shape index (κ3) is 3.41. The van der Waals surface area contributed by atoms with Gasteiger partial charge >= 0.3 is 5.97 Å². The van der Waals surface area contributed by atoms with Crippen molar-refractivity contribution >= 4 is 17.6 Å². The fraction of sp³-hybridized carbons (Fsp3) is 0.706. The first kappa shape index (κ1) is 17.5. The van der Waals surface area contributed by atoms with E-state index in [1.807, 2.05) is 18.5 Å². The van der Waals surface area contributed by atoms with Crippen LogP contribution in [0, 0.1) is 11.3 Å². The molecule has 1 aromatic rings. The molecule has 0 aliphatic heterocycles. The van der Waals surface area contributed by atoms with Gasteiger partial charge in [-0.2, -0.15) is 5.10 Å². The summed E-state index contributed by atoms with van der Waals surface area (Å²) in [5.41, 5.74) is 0.303. The Morgan fingerprint density at radius 1 is 1.30 bits per heavy atom. The van der Waals surface area contributed by atoms with Gasteiger partial charge < -0.3 is 10.4 Å². The molecule has 6 heteroatoms. The zero-order valence-corrected chi connectivity index (χ0v) is 14.4. The molecule has 1 saturated carbocycles. The van der Waals surface area contributed by atoms with Gasteiger partial charge in [0.2, 0.25) is 5.91 Å². The Bertz CT molecular complexity index is 584. The molecule has 0 spiro atoms. The number of hydrogen-bond acceptors (Lipinski definition) is 3. The minimum absolute atomic E-state index is 0.191. The van der Waals surface area contributed by atoms with Crippen molar-refractivity contribution in [2.75, 3.05) is 5.32 Å². The Balaban J connectivity index is 2.27. The first-order valence-corrected chi connectivity index (χ1v) is 8.38. The molecule has 128 valence electrons. The average molecular weight is 321 g/mol. The summed E-state index contributed by atoms with van der Waals surface area (Å²) >= 11 is 0. The number of carboxylic acid groups (broad SMARTS) is 1. The summed E-state index contributed by atoms with van der Waals surface area (Å²) in [6.07, 6.45) is 4.02. The molecule has 23 heavy (non-hydrogen) atoms. The van der Waals surface area contributed by atoms with E-state index in [9.17, 15) is 14.7 Å². The van der Waals surface area contributed by atoms with Crippen LogP contribution in [0.25, 0.3) is 0 Å². The van der Waals surface area contributed by atoms with E-state index in [1.165, 1.54) is 0 Å². The van der Waals surface area contributed by atoms with E-state index in [4.69, 9.17) is 0 Å². The number of amides is 1. The van der Waals surface area contributed by atoms with Gasteiger partial charge in [-0.05, 0) is 24.7 Å². The Hall–Kier alpha value is -1.85. The van der Waals surface area contributed by atoms with Gasteiger partial charge in [-0.25, -0.2) is 0 Å². The van der Waals surface area contributed by atoms with Crippen LogP contribution in [0.5, 0.6) is 0 Å². The summed E-state index contributed by atoms with van der Waals surface area (Å²) in [7, 11) is 0. The topological polar surface area (TPSA) is 84.2 Å². The molecule has 1 amide bonds. The van der Waals surface area contributed by atoms with E-state index < -0.39 is 17.3 Å². The lowest BCUT2D eigenvalue weighted by Gasteiger charge is -2.23. The van der Waals surface area contributed by atoms with Gasteiger partial charge in [0.05, 0.1) is 17.6 Å². The minimum Gasteiger partial charge on any atom is -0.480 e. The summed E-state index contributed by atoms with van der Waals surface area (Å²) in [5, 5.41) is 16.8. The number of nitrogens with one attached hydrogen (secondary N) is 1. The maximum absolute atomic E-state index is 12.7. The van der Waals surface area contributed by atoms with E-state index in [0.29, 0.717) is 24.4 Å². The maximum atomic E-state index is 12.7. The number of aromatic nitrogens is 2. The number of anilines is 1. The zero-order valence-electron chi connectivity index (χ0n) is 14.4. The van der Waals surface area contributed by atoms with Crippen LogP contribution in [0.3, 0.4) is 0 Å². The van der Waals surface area contributed by atoms with Crippen molar-refractivity contribution in [1.82, 2.24) is 9.78 Å². The van der Waals surface area contributed by atoms with Crippen molar-refractivity contribution in [3.63, 3.8) is 0 Å². The monoisotopic (exact) mass is 321 g/mol. The van der Waals surface area contributed by atoms with Crippen LogP contribution in [-0.4, -0.2) is 26.8 Å². The molecule has 6 nitrogen and oxygen atoms in total. The quantitative estimate of drug-likeness (QED) is 0.788. The molecule has 1 aromatic heterocycles. The molecule has 0 unspecified atom stereocenters. The van der Waals surface area contributed by atoms with Crippen LogP contribution < -0.4 is 5.32 Å². The van der Waals surface area contributed by atoms with Crippen molar-refractivity contribution in [2.45, 2.75) is 65.8 Å². The molecule has 0 aromatic carbocycles. The fourth-order valence-electron chi connectivity index (χ4n) is 3.35. The summed E-state index contributed by atoms with van der Waals surface area (Å²) in [5.74, 6) is -0.797. The van der Waals surface area contributed by atoms with E-state index >= 15 is 0 Å². The predicted molar refractivity (Wildman–Crippen MR) is 88.3 cm³/mol. The Labute approximate surface area is 137 Å². The Morgan fingerprint density at radius 3 is 2.39 bits per heavy atom. The van der Waals surface area contributed by atoms with Gasteiger partial charge in [0.1, 0.15) is 5.41 Å². The molecule has 2 rings (SSSR count). The molecule has 1 aliphatic carbocycles. The van der Waals surface area contributed by atoms with Crippen LogP contribution in [0.2, 0.25) is 0 Å².